The van der Waals surface area contributed by atoms with E-state index < -0.39 is 0 Å². The minimum Gasteiger partial charge on any atom is -0.508 e. The smallest absolute Gasteiger partial charge is 0.164 e. The van der Waals surface area contributed by atoms with Crippen LogP contribution in [0.25, 0.3) is 0 Å². The molecule has 0 saturated heterocycles. The van der Waals surface area contributed by atoms with Crippen LogP contribution in [0, 0.1) is 0 Å². The van der Waals surface area contributed by atoms with Gasteiger partial charge in [0.25, 0.3) is 0 Å². The van der Waals surface area contributed by atoms with E-state index in [1.807, 2.05) is 0 Å². The number of phenolic OH excluding ortho intramolecular Hbond substituents is 3. The van der Waals surface area contributed by atoms with Crippen molar-refractivity contribution in [1.82, 2.24) is 0 Å². The molecule has 0 aliphatic rings. The van der Waals surface area contributed by atoms with Gasteiger partial charge in [-0.3, -0.25) is 0 Å². The standard InChI is InChI=1S/C9H10O3/c1-2-3-6-7(10)4-5-8(11)9(6)12/h2,4-5,10-12H,1,3H2. The van der Waals surface area contributed by atoms with Crippen molar-refractivity contribution in [2.45, 2.75) is 6.42 Å². The minimum atomic E-state index is -0.282. The zero-order valence-corrected chi connectivity index (χ0v) is 6.49. The van der Waals surface area contributed by atoms with Gasteiger partial charge in [-0.1, -0.05) is 6.08 Å². The van der Waals surface area contributed by atoms with Gasteiger partial charge >= 0.3 is 0 Å². The first-order valence-corrected chi connectivity index (χ1v) is 3.50. The van der Waals surface area contributed by atoms with Gasteiger partial charge < -0.3 is 15.3 Å². The van der Waals surface area contributed by atoms with E-state index >= 15 is 0 Å². The van der Waals surface area contributed by atoms with E-state index in [0.717, 1.165) is 0 Å². The van der Waals surface area contributed by atoms with E-state index in [1.54, 1.807) is 0 Å². The SMILES string of the molecule is C=CCc1c(O)ccc(O)c1O. The van der Waals surface area contributed by atoms with Crippen LogP contribution >= 0.6 is 0 Å². The van der Waals surface area contributed by atoms with Gasteiger partial charge in [0, 0.05) is 5.56 Å². The highest BCUT2D eigenvalue weighted by molar-refractivity contribution is 5.52. The third kappa shape index (κ3) is 1.34. The molecule has 1 aromatic carbocycles. The average Bonchev–Trinajstić information content (AvgIpc) is 2.06. The highest BCUT2D eigenvalue weighted by Gasteiger charge is 2.09. The van der Waals surface area contributed by atoms with Crippen LogP contribution in [0.2, 0.25) is 0 Å². The molecule has 0 spiro atoms. The molecule has 3 heteroatoms. The van der Waals surface area contributed by atoms with Crippen LogP contribution in [0.3, 0.4) is 0 Å². The van der Waals surface area contributed by atoms with Crippen molar-refractivity contribution in [1.29, 1.82) is 0 Å². The number of benzene rings is 1. The summed E-state index contributed by atoms with van der Waals surface area (Å²) >= 11 is 0. The van der Waals surface area contributed by atoms with Crippen molar-refractivity contribution in [3.8, 4) is 17.2 Å². The Bertz CT molecular complexity index is 305. The first kappa shape index (κ1) is 8.46. The van der Waals surface area contributed by atoms with Crippen LogP contribution < -0.4 is 0 Å². The lowest BCUT2D eigenvalue weighted by Crippen LogP contribution is -1.83. The van der Waals surface area contributed by atoms with Crippen LogP contribution in [0.15, 0.2) is 24.8 Å². The van der Waals surface area contributed by atoms with Gasteiger partial charge in [-0.25, -0.2) is 0 Å². The lowest BCUT2D eigenvalue weighted by Gasteiger charge is -2.05. The van der Waals surface area contributed by atoms with Gasteiger partial charge in [0.2, 0.25) is 0 Å². The molecule has 0 fully saturated rings. The fourth-order valence-corrected chi connectivity index (χ4v) is 0.959. The van der Waals surface area contributed by atoms with Crippen LogP contribution in [0.4, 0.5) is 0 Å². The number of allylic oxidation sites excluding steroid dienone is 1. The van der Waals surface area contributed by atoms with Crippen molar-refractivity contribution >= 4 is 0 Å². The normalized spacial score (nSPS) is 9.67. The summed E-state index contributed by atoms with van der Waals surface area (Å²) in [7, 11) is 0. The van der Waals surface area contributed by atoms with Gasteiger partial charge in [0.1, 0.15) is 5.75 Å². The third-order valence-corrected chi connectivity index (χ3v) is 1.59. The Morgan fingerprint density at radius 1 is 1.17 bits per heavy atom. The Morgan fingerprint density at radius 3 is 2.33 bits per heavy atom. The highest BCUT2D eigenvalue weighted by atomic mass is 16.3. The molecule has 0 saturated carbocycles. The van der Waals surface area contributed by atoms with Crippen molar-refractivity contribution in [2.24, 2.45) is 0 Å². The zero-order chi connectivity index (χ0) is 9.14. The van der Waals surface area contributed by atoms with Crippen LogP contribution in [0.1, 0.15) is 5.56 Å². The number of hydrogen-bond acceptors (Lipinski definition) is 3. The predicted molar refractivity (Wildman–Crippen MR) is 45.3 cm³/mol. The van der Waals surface area contributed by atoms with Crippen LogP contribution in [-0.4, -0.2) is 15.3 Å². The summed E-state index contributed by atoms with van der Waals surface area (Å²) < 4.78 is 0. The Labute approximate surface area is 70.2 Å². The Morgan fingerprint density at radius 2 is 1.75 bits per heavy atom. The maximum absolute atomic E-state index is 9.25. The topological polar surface area (TPSA) is 60.7 Å². The van der Waals surface area contributed by atoms with Crippen LogP contribution in [-0.2, 0) is 6.42 Å². The van der Waals surface area contributed by atoms with Crippen molar-refractivity contribution in [3.05, 3.63) is 30.4 Å². The minimum absolute atomic E-state index is 0.0369. The highest BCUT2D eigenvalue weighted by Crippen LogP contribution is 2.35. The van der Waals surface area contributed by atoms with E-state index in [-0.39, 0.29) is 17.2 Å². The summed E-state index contributed by atoms with van der Waals surface area (Å²) in [5, 5.41) is 27.5. The molecule has 1 aromatic rings. The lowest BCUT2D eigenvalue weighted by atomic mass is 10.1. The number of rotatable bonds is 2. The molecule has 0 heterocycles. The molecule has 0 unspecified atom stereocenters. The molecule has 3 nitrogen and oxygen atoms in total. The molecule has 0 aliphatic heterocycles. The second kappa shape index (κ2) is 3.17. The number of aromatic hydroxyl groups is 3. The van der Waals surface area contributed by atoms with Gasteiger partial charge in [-0.15, -0.1) is 6.58 Å². The van der Waals surface area contributed by atoms with Gasteiger partial charge in [0.15, 0.2) is 11.5 Å². The summed E-state index contributed by atoms with van der Waals surface area (Å²) in [5.74, 6) is -0.551. The molecule has 0 atom stereocenters. The summed E-state index contributed by atoms with van der Waals surface area (Å²) in [6.07, 6.45) is 1.86. The largest absolute Gasteiger partial charge is 0.508 e. The number of hydrogen-bond donors (Lipinski definition) is 3. The fraction of sp³-hybridized carbons (Fsp3) is 0.111. The van der Waals surface area contributed by atoms with Crippen molar-refractivity contribution < 1.29 is 15.3 Å². The first-order valence-electron chi connectivity index (χ1n) is 3.50. The Hall–Kier alpha value is -1.64. The third-order valence-electron chi connectivity index (χ3n) is 1.59. The summed E-state index contributed by atoms with van der Waals surface area (Å²) in [4.78, 5) is 0. The van der Waals surface area contributed by atoms with Gasteiger partial charge in [-0.2, -0.15) is 0 Å². The van der Waals surface area contributed by atoms with Crippen LogP contribution in [0.5, 0.6) is 17.2 Å². The first-order chi connectivity index (χ1) is 5.66. The second-order valence-corrected chi connectivity index (χ2v) is 2.42. The number of phenols is 3. The summed E-state index contributed by atoms with van der Waals surface area (Å²) in [5.41, 5.74) is 0.296. The average molecular weight is 166 g/mol. The van der Waals surface area contributed by atoms with Gasteiger partial charge in [0.05, 0.1) is 0 Å². The molecule has 0 amide bonds. The van der Waals surface area contributed by atoms with E-state index in [4.69, 9.17) is 5.11 Å². The predicted octanol–water partition coefficient (Wildman–Crippen LogP) is 1.53. The summed E-state index contributed by atoms with van der Waals surface area (Å²) in [6, 6.07) is 2.56. The molecular weight excluding hydrogens is 156 g/mol. The molecular formula is C9H10O3. The molecule has 0 bridgehead atoms. The second-order valence-electron chi connectivity index (χ2n) is 2.42. The molecule has 64 valence electrons. The molecule has 1 rings (SSSR count). The quantitative estimate of drug-likeness (QED) is 0.354. The maximum Gasteiger partial charge on any atom is 0.164 e. The fourth-order valence-electron chi connectivity index (χ4n) is 0.959. The lowest BCUT2D eigenvalue weighted by molar-refractivity contribution is 0.391. The Kier molecular flexibility index (Phi) is 2.24. The summed E-state index contributed by atoms with van der Waals surface area (Å²) in [6.45, 7) is 3.46. The van der Waals surface area contributed by atoms with E-state index in [9.17, 15) is 10.2 Å². The Balaban J connectivity index is 3.22. The maximum atomic E-state index is 9.25. The van der Waals surface area contributed by atoms with E-state index in [1.165, 1.54) is 18.2 Å². The monoisotopic (exact) mass is 166 g/mol. The molecule has 0 aromatic heterocycles. The van der Waals surface area contributed by atoms with E-state index in [2.05, 4.69) is 6.58 Å². The molecule has 3 N–H and O–H groups in total. The molecule has 0 radical (unpaired) electrons. The van der Waals surface area contributed by atoms with Crippen molar-refractivity contribution in [2.75, 3.05) is 0 Å². The van der Waals surface area contributed by atoms with E-state index in [0.29, 0.717) is 12.0 Å². The van der Waals surface area contributed by atoms with Crippen molar-refractivity contribution in [3.63, 3.8) is 0 Å². The molecule has 12 heavy (non-hydrogen) atoms. The van der Waals surface area contributed by atoms with Gasteiger partial charge in [-0.05, 0) is 18.6 Å². The zero-order valence-electron chi connectivity index (χ0n) is 6.49. The molecule has 0 aliphatic carbocycles.